The van der Waals surface area contributed by atoms with Gasteiger partial charge in [0, 0.05) is 20.4 Å². The summed E-state index contributed by atoms with van der Waals surface area (Å²) in [6, 6.07) is 15.7. The van der Waals surface area contributed by atoms with Gasteiger partial charge in [-0.25, -0.2) is 0 Å². The molecule has 0 saturated carbocycles. The standard InChI is InChI=1S/C16H11BrClNO/c17-13-6-5-12(15(18)8-13)10-20-14-7-11-3-1-2-4-16(11)19-9-14/h1-9H,10H2. The van der Waals surface area contributed by atoms with Crippen LogP contribution in [-0.4, -0.2) is 4.98 Å². The molecular weight excluding hydrogens is 338 g/mol. The Morgan fingerprint density at radius 2 is 1.95 bits per heavy atom. The van der Waals surface area contributed by atoms with Gasteiger partial charge in [-0.15, -0.1) is 0 Å². The molecule has 0 radical (unpaired) electrons. The average Bonchev–Trinajstić information content (AvgIpc) is 2.46. The van der Waals surface area contributed by atoms with Crippen molar-refractivity contribution < 1.29 is 4.74 Å². The molecule has 0 aliphatic heterocycles. The predicted octanol–water partition coefficient (Wildman–Crippen LogP) is 5.23. The maximum Gasteiger partial charge on any atom is 0.138 e. The van der Waals surface area contributed by atoms with E-state index in [0.717, 1.165) is 26.7 Å². The van der Waals surface area contributed by atoms with Crippen LogP contribution < -0.4 is 4.74 Å². The fourth-order valence-corrected chi connectivity index (χ4v) is 2.66. The van der Waals surface area contributed by atoms with Crippen molar-refractivity contribution >= 4 is 38.4 Å². The van der Waals surface area contributed by atoms with Gasteiger partial charge in [0.15, 0.2) is 0 Å². The van der Waals surface area contributed by atoms with E-state index >= 15 is 0 Å². The van der Waals surface area contributed by atoms with E-state index < -0.39 is 0 Å². The Hall–Kier alpha value is -1.58. The molecule has 0 saturated heterocycles. The molecule has 0 amide bonds. The molecule has 100 valence electrons. The number of hydrogen-bond donors (Lipinski definition) is 0. The molecule has 0 N–H and O–H groups in total. The maximum atomic E-state index is 6.17. The number of ether oxygens (including phenoxy) is 1. The number of nitrogens with zero attached hydrogens (tertiary/aromatic N) is 1. The lowest BCUT2D eigenvalue weighted by atomic mass is 10.2. The summed E-state index contributed by atoms with van der Waals surface area (Å²) in [5, 5.41) is 1.75. The minimum absolute atomic E-state index is 0.423. The highest BCUT2D eigenvalue weighted by molar-refractivity contribution is 9.10. The average molecular weight is 349 g/mol. The molecule has 1 heterocycles. The molecule has 2 nitrogen and oxygen atoms in total. The molecule has 3 rings (SSSR count). The summed E-state index contributed by atoms with van der Waals surface area (Å²) in [5.41, 5.74) is 1.91. The molecule has 0 aliphatic carbocycles. The van der Waals surface area contributed by atoms with Gasteiger partial charge in [-0.05, 0) is 24.3 Å². The lowest BCUT2D eigenvalue weighted by Crippen LogP contribution is -1.96. The van der Waals surface area contributed by atoms with Gasteiger partial charge >= 0.3 is 0 Å². The van der Waals surface area contributed by atoms with Crippen molar-refractivity contribution in [3.8, 4) is 5.75 Å². The van der Waals surface area contributed by atoms with E-state index in [9.17, 15) is 0 Å². The minimum Gasteiger partial charge on any atom is -0.487 e. The highest BCUT2D eigenvalue weighted by atomic mass is 79.9. The third-order valence-corrected chi connectivity index (χ3v) is 3.82. The first-order valence-corrected chi connectivity index (χ1v) is 7.31. The van der Waals surface area contributed by atoms with Crippen molar-refractivity contribution in [2.24, 2.45) is 0 Å². The molecule has 0 fully saturated rings. The summed E-state index contributed by atoms with van der Waals surface area (Å²) < 4.78 is 6.72. The molecule has 20 heavy (non-hydrogen) atoms. The molecule has 4 heteroatoms. The van der Waals surface area contributed by atoms with Crippen molar-refractivity contribution in [3.05, 3.63) is 69.8 Å². The first kappa shape index (κ1) is 13.4. The highest BCUT2D eigenvalue weighted by Crippen LogP contribution is 2.24. The van der Waals surface area contributed by atoms with Gasteiger partial charge in [0.2, 0.25) is 0 Å². The van der Waals surface area contributed by atoms with Gasteiger partial charge in [-0.1, -0.05) is 51.8 Å². The fourth-order valence-electron chi connectivity index (χ4n) is 1.93. The van der Waals surface area contributed by atoms with Crippen LogP contribution in [0.4, 0.5) is 0 Å². The minimum atomic E-state index is 0.423. The Morgan fingerprint density at radius 1 is 1.10 bits per heavy atom. The second-order valence-corrected chi connectivity index (χ2v) is 5.71. The second kappa shape index (κ2) is 5.81. The van der Waals surface area contributed by atoms with Crippen LogP contribution in [0.1, 0.15) is 5.56 Å². The van der Waals surface area contributed by atoms with Crippen LogP contribution in [0.25, 0.3) is 10.9 Å². The predicted molar refractivity (Wildman–Crippen MR) is 85.2 cm³/mol. The molecular formula is C16H11BrClNO. The molecule has 0 atom stereocenters. The molecule has 0 unspecified atom stereocenters. The summed E-state index contributed by atoms with van der Waals surface area (Å²) >= 11 is 9.55. The van der Waals surface area contributed by atoms with E-state index in [1.807, 2.05) is 48.5 Å². The lowest BCUT2D eigenvalue weighted by molar-refractivity contribution is 0.305. The summed E-state index contributed by atoms with van der Waals surface area (Å²) in [5.74, 6) is 0.739. The molecule has 0 bridgehead atoms. The normalized spacial score (nSPS) is 10.7. The number of pyridine rings is 1. The molecule has 0 spiro atoms. The van der Waals surface area contributed by atoms with Crippen LogP contribution in [-0.2, 0) is 6.61 Å². The number of para-hydroxylation sites is 1. The smallest absolute Gasteiger partial charge is 0.138 e. The van der Waals surface area contributed by atoms with Gasteiger partial charge in [-0.3, -0.25) is 4.98 Å². The van der Waals surface area contributed by atoms with Crippen molar-refractivity contribution in [1.29, 1.82) is 0 Å². The van der Waals surface area contributed by atoms with Crippen LogP contribution in [0, 0.1) is 0 Å². The number of aromatic nitrogens is 1. The van der Waals surface area contributed by atoms with E-state index in [0.29, 0.717) is 11.6 Å². The summed E-state index contributed by atoms with van der Waals surface area (Å²) in [6.45, 7) is 0.423. The number of rotatable bonds is 3. The molecule has 1 aromatic heterocycles. The first-order chi connectivity index (χ1) is 9.72. The SMILES string of the molecule is Clc1cc(Br)ccc1COc1cnc2ccccc2c1. The van der Waals surface area contributed by atoms with E-state index in [-0.39, 0.29) is 0 Å². The van der Waals surface area contributed by atoms with Crippen LogP contribution >= 0.6 is 27.5 Å². The van der Waals surface area contributed by atoms with Crippen LogP contribution in [0.5, 0.6) is 5.75 Å². The second-order valence-electron chi connectivity index (χ2n) is 4.39. The topological polar surface area (TPSA) is 22.1 Å². The van der Waals surface area contributed by atoms with Crippen molar-refractivity contribution in [1.82, 2.24) is 4.98 Å². The van der Waals surface area contributed by atoms with Gasteiger partial charge in [-0.2, -0.15) is 0 Å². The lowest BCUT2D eigenvalue weighted by Gasteiger charge is -2.08. The Morgan fingerprint density at radius 3 is 2.80 bits per heavy atom. The summed E-state index contributed by atoms with van der Waals surface area (Å²) in [7, 11) is 0. The molecule has 2 aromatic carbocycles. The van der Waals surface area contributed by atoms with E-state index in [1.165, 1.54) is 0 Å². The largest absolute Gasteiger partial charge is 0.487 e. The third kappa shape index (κ3) is 2.94. The van der Waals surface area contributed by atoms with E-state index in [2.05, 4.69) is 20.9 Å². The summed E-state index contributed by atoms with van der Waals surface area (Å²) in [4.78, 5) is 4.36. The third-order valence-electron chi connectivity index (χ3n) is 2.97. The van der Waals surface area contributed by atoms with Crippen molar-refractivity contribution in [3.63, 3.8) is 0 Å². The maximum absolute atomic E-state index is 6.17. The Balaban J connectivity index is 1.79. The van der Waals surface area contributed by atoms with Gasteiger partial charge < -0.3 is 4.74 Å². The first-order valence-electron chi connectivity index (χ1n) is 6.14. The number of benzene rings is 2. The zero-order chi connectivity index (χ0) is 13.9. The van der Waals surface area contributed by atoms with Crippen molar-refractivity contribution in [2.45, 2.75) is 6.61 Å². The van der Waals surface area contributed by atoms with Crippen LogP contribution in [0.15, 0.2) is 59.2 Å². The van der Waals surface area contributed by atoms with Crippen LogP contribution in [0.3, 0.4) is 0 Å². The van der Waals surface area contributed by atoms with E-state index in [1.54, 1.807) is 6.20 Å². The Labute approximate surface area is 130 Å². The monoisotopic (exact) mass is 347 g/mol. The van der Waals surface area contributed by atoms with Crippen LogP contribution in [0.2, 0.25) is 5.02 Å². The van der Waals surface area contributed by atoms with Gasteiger partial charge in [0.05, 0.1) is 11.7 Å². The quantitative estimate of drug-likeness (QED) is 0.646. The highest BCUT2D eigenvalue weighted by Gasteiger charge is 2.03. The number of fused-ring (bicyclic) bond motifs is 1. The van der Waals surface area contributed by atoms with Gasteiger partial charge in [0.1, 0.15) is 12.4 Å². The number of halogens is 2. The fraction of sp³-hybridized carbons (Fsp3) is 0.0625. The molecule has 0 aliphatic rings. The van der Waals surface area contributed by atoms with Crippen molar-refractivity contribution in [2.75, 3.05) is 0 Å². The summed E-state index contributed by atoms with van der Waals surface area (Å²) in [6.07, 6.45) is 1.73. The van der Waals surface area contributed by atoms with E-state index in [4.69, 9.17) is 16.3 Å². The zero-order valence-electron chi connectivity index (χ0n) is 10.5. The Kier molecular flexibility index (Phi) is 3.90. The Bertz CT molecular complexity index is 760. The zero-order valence-corrected chi connectivity index (χ0v) is 12.9. The number of hydrogen-bond acceptors (Lipinski definition) is 2. The molecule has 3 aromatic rings. The van der Waals surface area contributed by atoms with Gasteiger partial charge in [0.25, 0.3) is 0 Å².